The Morgan fingerprint density at radius 2 is 1.97 bits per heavy atom. The third kappa shape index (κ3) is 4.77. The molecule has 3 aliphatic heterocycles. The first-order chi connectivity index (χ1) is 18.3. The van der Waals surface area contributed by atoms with E-state index in [2.05, 4.69) is 20.2 Å². The minimum atomic E-state index is -0.618. The van der Waals surface area contributed by atoms with E-state index in [1.165, 1.54) is 12.1 Å². The highest BCUT2D eigenvalue weighted by atomic mass is 35.5. The second kappa shape index (κ2) is 10.1. The number of likely N-dealkylation sites (tertiary alicyclic amines) is 1. The number of aromatic nitrogens is 2. The summed E-state index contributed by atoms with van der Waals surface area (Å²) in [5.74, 6) is 0.781. The second-order valence-electron chi connectivity index (χ2n) is 10.4. The Morgan fingerprint density at radius 3 is 2.74 bits per heavy atom. The van der Waals surface area contributed by atoms with Crippen LogP contribution in [-0.4, -0.2) is 65.1 Å². The quantitative estimate of drug-likeness (QED) is 0.491. The van der Waals surface area contributed by atoms with Gasteiger partial charge in [0.05, 0.1) is 48.9 Å². The smallest absolute Gasteiger partial charge is 0.258 e. The molecule has 3 atom stereocenters. The summed E-state index contributed by atoms with van der Waals surface area (Å²) in [4.78, 5) is 37.2. The van der Waals surface area contributed by atoms with E-state index >= 15 is 0 Å². The number of rotatable bonds is 5. The van der Waals surface area contributed by atoms with E-state index in [0.29, 0.717) is 52.7 Å². The van der Waals surface area contributed by atoms with Gasteiger partial charge in [-0.15, -0.1) is 0 Å². The molecular formula is C27H28Cl2FN5O3. The van der Waals surface area contributed by atoms with Crippen LogP contribution in [0.4, 0.5) is 10.1 Å². The zero-order valence-corrected chi connectivity index (χ0v) is 22.4. The van der Waals surface area contributed by atoms with Gasteiger partial charge in [0, 0.05) is 41.5 Å². The van der Waals surface area contributed by atoms with E-state index in [4.69, 9.17) is 27.9 Å². The Kier molecular flexibility index (Phi) is 6.80. The average molecular weight is 560 g/mol. The summed E-state index contributed by atoms with van der Waals surface area (Å²) in [5, 5.41) is 4.19. The molecule has 3 aliphatic rings. The average Bonchev–Trinajstić information content (AvgIpc) is 3.45. The molecule has 6 rings (SSSR count). The molecule has 0 spiro atoms. The number of halogens is 3. The molecule has 0 saturated carbocycles. The Balaban J connectivity index is 1.17. The van der Waals surface area contributed by atoms with Gasteiger partial charge in [-0.05, 0) is 48.7 Å². The maximum absolute atomic E-state index is 14.9. The number of hydrogen-bond donors (Lipinski definition) is 2. The molecule has 0 bridgehead atoms. The first kappa shape index (κ1) is 25.6. The van der Waals surface area contributed by atoms with Crippen molar-refractivity contribution in [3.8, 4) is 0 Å². The maximum atomic E-state index is 14.9. The lowest BCUT2D eigenvalue weighted by atomic mass is 9.93. The van der Waals surface area contributed by atoms with Crippen LogP contribution in [0.3, 0.4) is 0 Å². The van der Waals surface area contributed by atoms with Gasteiger partial charge in [-0.1, -0.05) is 23.2 Å². The molecule has 1 aromatic heterocycles. The molecule has 11 heteroatoms. The number of fused-ring (bicyclic) bond motifs is 3. The van der Waals surface area contributed by atoms with E-state index in [-0.39, 0.29) is 35.1 Å². The normalized spacial score (nSPS) is 23.1. The molecule has 3 aromatic rings. The summed E-state index contributed by atoms with van der Waals surface area (Å²) in [6, 6.07) is 5.99. The Bertz CT molecular complexity index is 1470. The van der Waals surface area contributed by atoms with Crippen LogP contribution >= 0.6 is 23.2 Å². The Morgan fingerprint density at radius 1 is 1.21 bits per heavy atom. The van der Waals surface area contributed by atoms with E-state index in [9.17, 15) is 14.0 Å². The van der Waals surface area contributed by atoms with Gasteiger partial charge >= 0.3 is 0 Å². The molecule has 38 heavy (non-hydrogen) atoms. The van der Waals surface area contributed by atoms with Gasteiger partial charge in [-0.25, -0.2) is 9.37 Å². The van der Waals surface area contributed by atoms with Crippen LogP contribution < -0.4 is 10.9 Å². The van der Waals surface area contributed by atoms with Crippen molar-refractivity contribution < 1.29 is 13.9 Å². The monoisotopic (exact) mass is 559 g/mol. The minimum Gasteiger partial charge on any atom is -0.381 e. The van der Waals surface area contributed by atoms with E-state index in [0.717, 1.165) is 37.4 Å². The number of carbonyl (C=O) groups excluding carboxylic acids is 1. The molecule has 8 nitrogen and oxygen atoms in total. The van der Waals surface area contributed by atoms with Gasteiger partial charge in [0.25, 0.3) is 5.56 Å². The predicted octanol–water partition coefficient (Wildman–Crippen LogP) is 4.01. The molecule has 1 amide bonds. The molecule has 2 N–H and O–H groups in total. The highest BCUT2D eigenvalue weighted by Gasteiger charge is 2.37. The van der Waals surface area contributed by atoms with E-state index in [1.54, 1.807) is 11.0 Å². The van der Waals surface area contributed by atoms with Crippen molar-refractivity contribution in [3.05, 3.63) is 67.4 Å². The first-order valence-corrected chi connectivity index (χ1v) is 13.6. The summed E-state index contributed by atoms with van der Waals surface area (Å²) in [7, 11) is 0. The van der Waals surface area contributed by atoms with Gasteiger partial charge in [-0.3, -0.25) is 14.5 Å². The van der Waals surface area contributed by atoms with Crippen molar-refractivity contribution in [1.29, 1.82) is 0 Å². The predicted molar refractivity (Wildman–Crippen MR) is 144 cm³/mol. The van der Waals surface area contributed by atoms with Gasteiger partial charge in [0.15, 0.2) is 0 Å². The molecular weight excluding hydrogens is 532 g/mol. The number of nitrogens with one attached hydrogen (secondary N) is 2. The Labute approximate surface area is 229 Å². The minimum absolute atomic E-state index is 0.109. The van der Waals surface area contributed by atoms with Gasteiger partial charge in [0.1, 0.15) is 11.6 Å². The fourth-order valence-electron chi connectivity index (χ4n) is 6.06. The molecule has 3 unspecified atom stereocenters. The summed E-state index contributed by atoms with van der Waals surface area (Å²) in [6.07, 6.45) is 0.636. The second-order valence-corrected chi connectivity index (χ2v) is 11.3. The number of anilines is 1. The van der Waals surface area contributed by atoms with Gasteiger partial charge < -0.3 is 19.9 Å². The largest absolute Gasteiger partial charge is 0.381 e. The highest BCUT2D eigenvalue weighted by molar-refractivity contribution is 6.35. The number of amides is 1. The fourth-order valence-corrected chi connectivity index (χ4v) is 6.75. The van der Waals surface area contributed by atoms with Crippen LogP contribution in [0.2, 0.25) is 10.0 Å². The molecule has 2 fully saturated rings. The van der Waals surface area contributed by atoms with Crippen LogP contribution in [0, 0.1) is 17.7 Å². The zero-order chi connectivity index (χ0) is 26.6. The van der Waals surface area contributed by atoms with Gasteiger partial charge in [0.2, 0.25) is 5.91 Å². The van der Waals surface area contributed by atoms with Crippen LogP contribution in [0.25, 0.3) is 10.9 Å². The van der Waals surface area contributed by atoms with Crippen LogP contribution in [-0.2, 0) is 22.5 Å². The van der Waals surface area contributed by atoms with Crippen molar-refractivity contribution in [2.45, 2.75) is 25.9 Å². The number of benzene rings is 2. The number of carbonyl (C=O) groups is 1. The molecule has 200 valence electrons. The van der Waals surface area contributed by atoms with E-state index in [1.807, 2.05) is 13.0 Å². The summed E-state index contributed by atoms with van der Waals surface area (Å²) < 4.78 is 20.4. The number of nitrogens with zero attached hydrogens (tertiary/aromatic N) is 3. The SMILES string of the molecule is CC1c2c(Cl)cc(Cl)cc2CCN1C(=O)CNc1cc2nc(CN3CC4COCC4C3)[nH]c(=O)c2cc1F. The number of hydrogen-bond acceptors (Lipinski definition) is 6. The van der Waals surface area contributed by atoms with Crippen LogP contribution in [0.5, 0.6) is 0 Å². The number of aromatic amines is 1. The zero-order valence-electron chi connectivity index (χ0n) is 20.9. The van der Waals surface area contributed by atoms with Crippen LogP contribution in [0.1, 0.15) is 29.9 Å². The molecule has 2 aromatic carbocycles. The van der Waals surface area contributed by atoms with Crippen molar-refractivity contribution in [3.63, 3.8) is 0 Å². The summed E-state index contributed by atoms with van der Waals surface area (Å²) in [6.45, 7) is 6.20. The number of ether oxygens (including phenoxy) is 1. The fraction of sp³-hybridized carbons (Fsp3) is 0.444. The van der Waals surface area contributed by atoms with Crippen molar-refractivity contribution >= 4 is 45.7 Å². The van der Waals surface area contributed by atoms with E-state index < -0.39 is 5.82 Å². The standard InChI is InChI=1S/C27H28Cl2FN5O3/c1-14-26-15(4-18(28)5-20(26)29)2-3-35(14)25(36)8-31-23-7-22-19(6-21(23)30)27(37)33-24(32-22)11-34-9-16-12-38-13-17(16)10-34/h4-7,14,16-17,31H,2-3,8-13H2,1H3,(H,32,33,37). The third-order valence-electron chi connectivity index (χ3n) is 7.97. The lowest BCUT2D eigenvalue weighted by molar-refractivity contribution is -0.131. The molecule has 2 saturated heterocycles. The first-order valence-electron chi connectivity index (χ1n) is 12.8. The topological polar surface area (TPSA) is 90.6 Å². The van der Waals surface area contributed by atoms with Crippen molar-refractivity contribution in [1.82, 2.24) is 19.8 Å². The Hall–Kier alpha value is -2.72. The van der Waals surface area contributed by atoms with Crippen molar-refractivity contribution in [2.75, 3.05) is 44.7 Å². The molecule has 0 radical (unpaired) electrons. The van der Waals surface area contributed by atoms with Crippen molar-refractivity contribution in [2.24, 2.45) is 11.8 Å². The van der Waals surface area contributed by atoms with Gasteiger partial charge in [-0.2, -0.15) is 0 Å². The lowest BCUT2D eigenvalue weighted by Gasteiger charge is -2.36. The lowest BCUT2D eigenvalue weighted by Crippen LogP contribution is -2.42. The number of H-pyrrole nitrogens is 1. The third-order valence-corrected chi connectivity index (χ3v) is 8.50. The van der Waals surface area contributed by atoms with Crippen LogP contribution in [0.15, 0.2) is 29.1 Å². The maximum Gasteiger partial charge on any atom is 0.258 e. The summed E-state index contributed by atoms with van der Waals surface area (Å²) in [5.41, 5.74) is 2.04. The highest BCUT2D eigenvalue weighted by Crippen LogP contribution is 2.37. The summed E-state index contributed by atoms with van der Waals surface area (Å²) >= 11 is 12.6. The molecule has 0 aliphatic carbocycles. The molecule has 4 heterocycles.